The van der Waals surface area contributed by atoms with Crippen LogP contribution in [0.25, 0.3) is 12.2 Å². The average molecular weight is 495 g/mol. The van der Waals surface area contributed by atoms with E-state index in [0.29, 0.717) is 18.1 Å². The summed E-state index contributed by atoms with van der Waals surface area (Å²) in [6, 6.07) is 8.07. The number of fused-ring (bicyclic) bond motifs is 4. The number of allylic oxidation sites excluding steroid dienone is 2. The van der Waals surface area contributed by atoms with Crippen LogP contribution < -0.4 is 0 Å². The zero-order valence-corrected chi connectivity index (χ0v) is 22.5. The summed E-state index contributed by atoms with van der Waals surface area (Å²) >= 11 is 0. The smallest absolute Gasteiger partial charge is 0.166 e. The molecule has 0 amide bonds. The maximum absolute atomic E-state index is 13.5. The molecular formula is C30H38O4S. The minimum absolute atomic E-state index is 0.00586. The van der Waals surface area contributed by atoms with Gasteiger partial charge in [-0.3, -0.25) is 9.59 Å². The van der Waals surface area contributed by atoms with E-state index in [1.807, 2.05) is 30.3 Å². The Bertz CT molecular complexity index is 1280. The molecule has 0 radical (unpaired) electrons. The van der Waals surface area contributed by atoms with Gasteiger partial charge in [-0.05, 0) is 89.5 Å². The largest absolute Gasteiger partial charge is 0.314 e. The molecular weight excluding hydrogens is 456 g/mol. The van der Waals surface area contributed by atoms with Gasteiger partial charge in [-0.15, -0.1) is 0 Å². The van der Waals surface area contributed by atoms with Crippen LogP contribution >= 0.6 is 0 Å². The third kappa shape index (κ3) is 3.20. The molecule has 5 heteroatoms. The van der Waals surface area contributed by atoms with Crippen molar-refractivity contribution in [2.75, 3.05) is 5.75 Å². The summed E-state index contributed by atoms with van der Waals surface area (Å²) in [7, 11) is -3.27. The van der Waals surface area contributed by atoms with Gasteiger partial charge in [-0.1, -0.05) is 58.9 Å². The lowest BCUT2D eigenvalue weighted by molar-refractivity contribution is -0.127. The minimum atomic E-state index is -3.27. The first-order chi connectivity index (χ1) is 16.2. The minimum Gasteiger partial charge on any atom is -0.314 e. The number of benzene rings is 1. The van der Waals surface area contributed by atoms with E-state index in [0.717, 1.165) is 48.0 Å². The van der Waals surface area contributed by atoms with Crippen LogP contribution in [0.15, 0.2) is 35.4 Å². The van der Waals surface area contributed by atoms with Gasteiger partial charge in [-0.2, -0.15) is 0 Å². The molecule has 4 bridgehead atoms. The zero-order chi connectivity index (χ0) is 25.6. The number of hydrogen-bond acceptors (Lipinski definition) is 3. The Labute approximate surface area is 210 Å². The lowest BCUT2D eigenvalue weighted by Crippen LogP contribution is -2.42. The summed E-state index contributed by atoms with van der Waals surface area (Å²) in [5, 5.41) is 0. The molecule has 4 aliphatic rings. The highest BCUT2D eigenvalue weighted by Crippen LogP contribution is 2.68. The molecule has 0 saturated heterocycles. The summed E-state index contributed by atoms with van der Waals surface area (Å²) in [4.78, 5) is 26.9. The van der Waals surface area contributed by atoms with E-state index in [2.05, 4.69) is 46.6 Å². The van der Waals surface area contributed by atoms with Gasteiger partial charge in [0.15, 0.2) is 11.6 Å². The van der Waals surface area contributed by atoms with Crippen molar-refractivity contribution >= 4 is 39.4 Å². The summed E-state index contributed by atoms with van der Waals surface area (Å²) in [6.45, 7) is 10.8. The maximum atomic E-state index is 13.5. The first-order valence-electron chi connectivity index (χ1n) is 12.9. The van der Waals surface area contributed by atoms with Gasteiger partial charge in [0.1, 0.15) is 0 Å². The van der Waals surface area contributed by atoms with Crippen molar-refractivity contribution in [1.29, 1.82) is 0 Å². The molecule has 35 heavy (non-hydrogen) atoms. The lowest BCUT2D eigenvalue weighted by Gasteiger charge is -2.35. The van der Waals surface area contributed by atoms with Gasteiger partial charge >= 0.3 is 0 Å². The quantitative estimate of drug-likeness (QED) is 0.399. The topological polar surface area (TPSA) is 71.4 Å². The molecule has 4 nitrogen and oxygen atoms in total. The molecule has 4 saturated carbocycles. The van der Waals surface area contributed by atoms with Crippen molar-refractivity contribution in [3.05, 3.63) is 46.5 Å². The second kappa shape index (κ2) is 7.52. The van der Waals surface area contributed by atoms with E-state index < -0.39 is 15.2 Å². The highest BCUT2D eigenvalue weighted by Gasteiger charge is 2.67. The first-order valence-corrected chi connectivity index (χ1v) is 14.8. The summed E-state index contributed by atoms with van der Waals surface area (Å²) in [5.41, 5.74) is 2.31. The fourth-order valence-corrected chi connectivity index (χ4v) is 9.88. The van der Waals surface area contributed by atoms with Crippen molar-refractivity contribution in [2.24, 2.45) is 33.5 Å². The summed E-state index contributed by atoms with van der Waals surface area (Å²) < 4.78 is 22.2. The van der Waals surface area contributed by atoms with Crippen LogP contribution in [-0.2, 0) is 19.4 Å². The molecule has 5 rings (SSSR count). The Morgan fingerprint density at radius 2 is 1.29 bits per heavy atom. The third-order valence-corrected chi connectivity index (χ3v) is 11.7. The van der Waals surface area contributed by atoms with Gasteiger partial charge < -0.3 is 4.55 Å². The highest BCUT2D eigenvalue weighted by molar-refractivity contribution is 7.95. The number of carbonyl (C=O) groups is 2. The fraction of sp³-hybridized carbons (Fsp3) is 0.567. The van der Waals surface area contributed by atoms with E-state index in [-0.39, 0.29) is 33.7 Å². The average Bonchev–Trinajstić information content (AvgIpc) is 3.28. The van der Waals surface area contributed by atoms with Crippen molar-refractivity contribution in [1.82, 2.24) is 0 Å². The normalized spacial score (nSPS) is 38.6. The number of carbonyl (C=O) groups excluding carboxylic acids is 2. The Morgan fingerprint density at radius 1 is 0.886 bits per heavy atom. The molecule has 1 N–H and O–H groups in total. The van der Waals surface area contributed by atoms with E-state index >= 15 is 0 Å². The predicted molar refractivity (Wildman–Crippen MR) is 143 cm³/mol. The maximum Gasteiger partial charge on any atom is 0.166 e. The Kier molecular flexibility index (Phi) is 5.31. The van der Waals surface area contributed by atoms with E-state index in [9.17, 15) is 18.4 Å². The molecule has 0 heterocycles. The van der Waals surface area contributed by atoms with Crippen LogP contribution in [-0.4, -0.2) is 32.0 Å². The van der Waals surface area contributed by atoms with Crippen LogP contribution in [0.4, 0.5) is 0 Å². The monoisotopic (exact) mass is 494 g/mol. The molecule has 5 unspecified atom stereocenters. The lowest BCUT2D eigenvalue weighted by atomic mass is 9.67. The Hall–Kier alpha value is -1.98. The van der Waals surface area contributed by atoms with Gasteiger partial charge in [0, 0.05) is 11.0 Å². The molecule has 5 atom stereocenters. The van der Waals surface area contributed by atoms with E-state index in [1.54, 1.807) is 0 Å². The predicted octanol–water partition coefficient (Wildman–Crippen LogP) is 6.06. The molecule has 0 aliphatic heterocycles. The van der Waals surface area contributed by atoms with Gasteiger partial charge in [0.05, 0.1) is 21.0 Å². The number of rotatable bonds is 5. The van der Waals surface area contributed by atoms with Crippen LogP contribution in [0, 0.1) is 33.5 Å². The Morgan fingerprint density at radius 3 is 1.69 bits per heavy atom. The van der Waals surface area contributed by atoms with E-state index in [4.69, 9.17) is 0 Å². The van der Waals surface area contributed by atoms with Crippen molar-refractivity contribution in [3.63, 3.8) is 0 Å². The van der Waals surface area contributed by atoms with Gasteiger partial charge in [0.25, 0.3) is 0 Å². The summed E-state index contributed by atoms with van der Waals surface area (Å²) in [5.74, 6) is 4.09. The fourth-order valence-electron chi connectivity index (χ4n) is 8.47. The van der Waals surface area contributed by atoms with Crippen LogP contribution in [0.3, 0.4) is 0 Å². The zero-order valence-electron chi connectivity index (χ0n) is 21.6. The number of Topliss-reactive ketones (excluding diaryl/α,β-unsaturated/α-hetero) is 2. The van der Waals surface area contributed by atoms with Gasteiger partial charge in [0.2, 0.25) is 0 Å². The van der Waals surface area contributed by atoms with Gasteiger partial charge in [-0.25, -0.2) is 4.21 Å². The van der Waals surface area contributed by atoms with Crippen LogP contribution in [0.1, 0.15) is 77.8 Å². The summed E-state index contributed by atoms with van der Waals surface area (Å²) in [6.07, 6.45) is 8.51. The van der Waals surface area contributed by atoms with Crippen LogP contribution in [0.5, 0.6) is 0 Å². The molecule has 1 aromatic carbocycles. The number of hydrogen-bond donors (Lipinski definition) is 1. The standard InChI is InChI=1S/C30H38O4S/c1-7-29-14-12-23(27(29,2)3)21(25(29)31)16-19-8-10-20(11-9-19)17-22-24-13-15-30(26(22)32,28(24,4)5)18-35(6,33)34/h8-11,16-17,23-24H,6-7,12-15,18H2,1-5H3,(H,33,34)/b21-16+,22-17+. The molecule has 4 aliphatic carbocycles. The SMILES string of the molecule is C=S(=O)(O)CC12CCC(/C(=C\c3ccc(/C=C4/C(=O)C5(CC)CCC4C5(C)C)cc3)C1=O)C2(C)C. The Balaban J connectivity index is 1.44. The van der Waals surface area contributed by atoms with Crippen LogP contribution in [0.2, 0.25) is 0 Å². The first kappa shape index (κ1) is 24.7. The van der Waals surface area contributed by atoms with E-state index in [1.165, 1.54) is 0 Å². The molecule has 188 valence electrons. The van der Waals surface area contributed by atoms with Crippen molar-refractivity contribution in [2.45, 2.75) is 66.7 Å². The molecule has 0 aromatic heterocycles. The molecule has 4 fully saturated rings. The third-order valence-electron chi connectivity index (χ3n) is 10.7. The second-order valence-electron chi connectivity index (χ2n) is 12.6. The molecule has 0 spiro atoms. The van der Waals surface area contributed by atoms with Crippen molar-refractivity contribution < 1.29 is 18.4 Å². The molecule has 1 aromatic rings. The second-order valence-corrected chi connectivity index (χ2v) is 14.4. The van der Waals surface area contributed by atoms with Crippen molar-refractivity contribution in [3.8, 4) is 0 Å². The number of ketones is 2. The highest BCUT2D eigenvalue weighted by atomic mass is 32.2.